The zero-order valence-electron chi connectivity index (χ0n) is 21.1. The van der Waals surface area contributed by atoms with Crippen molar-refractivity contribution in [3.8, 4) is 17.2 Å². The molecule has 0 aliphatic heterocycles. The van der Waals surface area contributed by atoms with E-state index >= 15 is 0 Å². The highest BCUT2D eigenvalue weighted by Crippen LogP contribution is 2.29. The maximum Gasteiger partial charge on any atom is 0.349 e. The van der Waals surface area contributed by atoms with Crippen LogP contribution >= 0.6 is 0 Å². The number of methoxy groups -OCH3 is 1. The molecule has 1 heterocycles. The molecule has 0 unspecified atom stereocenters. The van der Waals surface area contributed by atoms with Crippen molar-refractivity contribution in [3.05, 3.63) is 70.1 Å². The molecule has 0 spiro atoms. The number of hydrogen-bond acceptors (Lipinski definition) is 7. The first-order valence-electron chi connectivity index (χ1n) is 12.6. The minimum atomic E-state index is -0.732. The zero-order valence-corrected chi connectivity index (χ0v) is 21.1. The standard InChI is InChI=1S/C29H31NO7/c1-3-15-35-24-13-9-19(16-26(24)34-2)10-14-27(31)36-22-12-11-20-17-23(29(33)37-25(20)18-22)28(32)30-21-7-5-4-6-8-21/h9-14,16-18,21H,3-8,15H2,1-2H3,(H,30,32)/b14-10+. The summed E-state index contributed by atoms with van der Waals surface area (Å²) >= 11 is 0. The number of nitrogens with one attached hydrogen (secondary N) is 1. The Bertz CT molecular complexity index is 1350. The summed E-state index contributed by atoms with van der Waals surface area (Å²) in [4.78, 5) is 37.5. The summed E-state index contributed by atoms with van der Waals surface area (Å²) in [6, 6.07) is 11.6. The van der Waals surface area contributed by atoms with Crippen LogP contribution in [0.3, 0.4) is 0 Å². The van der Waals surface area contributed by atoms with Crippen molar-refractivity contribution >= 4 is 28.9 Å². The molecule has 194 valence electrons. The quantitative estimate of drug-likeness (QED) is 0.183. The van der Waals surface area contributed by atoms with Gasteiger partial charge in [0.25, 0.3) is 5.91 Å². The Kier molecular flexibility index (Phi) is 8.61. The summed E-state index contributed by atoms with van der Waals surface area (Å²) < 4.78 is 21.7. The first-order valence-corrected chi connectivity index (χ1v) is 12.6. The lowest BCUT2D eigenvalue weighted by Gasteiger charge is -2.22. The Hall–Kier alpha value is -4.07. The van der Waals surface area contributed by atoms with Gasteiger partial charge in [0.15, 0.2) is 11.5 Å². The van der Waals surface area contributed by atoms with E-state index in [1.807, 2.05) is 13.0 Å². The van der Waals surface area contributed by atoms with Crippen LogP contribution in [0.15, 0.2) is 57.8 Å². The van der Waals surface area contributed by atoms with Gasteiger partial charge in [0.05, 0.1) is 13.7 Å². The predicted molar refractivity (Wildman–Crippen MR) is 140 cm³/mol. The highest BCUT2D eigenvalue weighted by Gasteiger charge is 2.20. The lowest BCUT2D eigenvalue weighted by Crippen LogP contribution is -2.38. The highest BCUT2D eigenvalue weighted by molar-refractivity contribution is 5.97. The van der Waals surface area contributed by atoms with E-state index in [2.05, 4.69) is 5.32 Å². The molecule has 0 atom stereocenters. The molecule has 8 nitrogen and oxygen atoms in total. The van der Waals surface area contributed by atoms with E-state index < -0.39 is 17.5 Å². The van der Waals surface area contributed by atoms with Gasteiger partial charge in [0.1, 0.15) is 16.9 Å². The van der Waals surface area contributed by atoms with E-state index in [0.29, 0.717) is 23.5 Å². The van der Waals surface area contributed by atoms with Gasteiger partial charge in [-0.15, -0.1) is 0 Å². The number of hydrogen-bond donors (Lipinski definition) is 1. The number of rotatable bonds is 9. The SMILES string of the molecule is CCCOc1ccc(/C=C/C(=O)Oc2ccc3cc(C(=O)NC4CCCCC4)c(=O)oc3c2)cc1OC. The van der Waals surface area contributed by atoms with Crippen LogP contribution in [0.1, 0.15) is 61.4 Å². The van der Waals surface area contributed by atoms with Crippen molar-refractivity contribution in [3.63, 3.8) is 0 Å². The van der Waals surface area contributed by atoms with E-state index in [0.717, 1.165) is 37.7 Å². The average Bonchev–Trinajstić information content (AvgIpc) is 2.91. The van der Waals surface area contributed by atoms with Crippen molar-refractivity contribution in [2.24, 2.45) is 0 Å². The Morgan fingerprint density at radius 2 is 1.86 bits per heavy atom. The first kappa shape index (κ1) is 26.0. The summed E-state index contributed by atoms with van der Waals surface area (Å²) in [5.74, 6) is 0.391. The number of carbonyl (C=O) groups is 2. The van der Waals surface area contributed by atoms with Crippen LogP contribution < -0.4 is 25.2 Å². The van der Waals surface area contributed by atoms with Crippen LogP contribution in [0.2, 0.25) is 0 Å². The summed E-state index contributed by atoms with van der Waals surface area (Å²) in [7, 11) is 1.56. The maximum absolute atomic E-state index is 12.6. The van der Waals surface area contributed by atoms with Crippen LogP contribution in [0, 0.1) is 0 Å². The van der Waals surface area contributed by atoms with E-state index in [4.69, 9.17) is 18.6 Å². The first-order chi connectivity index (χ1) is 18.0. The van der Waals surface area contributed by atoms with E-state index in [1.54, 1.807) is 37.5 Å². The Morgan fingerprint density at radius 3 is 2.62 bits per heavy atom. The highest BCUT2D eigenvalue weighted by atomic mass is 16.5. The van der Waals surface area contributed by atoms with Crippen LogP contribution in [0.25, 0.3) is 17.0 Å². The number of amides is 1. The number of esters is 1. The molecule has 8 heteroatoms. The molecule has 0 saturated heterocycles. The van der Waals surface area contributed by atoms with Gasteiger partial charge in [0.2, 0.25) is 0 Å². The molecule has 1 N–H and O–H groups in total. The molecule has 1 aromatic heterocycles. The molecule has 1 aliphatic rings. The normalized spacial score (nSPS) is 14.0. The molecule has 0 radical (unpaired) electrons. The van der Waals surface area contributed by atoms with Crippen molar-refractivity contribution in [1.29, 1.82) is 0 Å². The van der Waals surface area contributed by atoms with Crippen LogP contribution in [0.5, 0.6) is 17.2 Å². The average molecular weight is 506 g/mol. The molecule has 2 aromatic carbocycles. The fraction of sp³-hybridized carbons (Fsp3) is 0.345. The minimum absolute atomic E-state index is 0.0349. The van der Waals surface area contributed by atoms with E-state index in [9.17, 15) is 14.4 Å². The second-order valence-corrected chi connectivity index (χ2v) is 8.97. The molecular formula is C29H31NO7. The van der Waals surface area contributed by atoms with Gasteiger partial charge in [-0.05, 0) is 61.2 Å². The van der Waals surface area contributed by atoms with Crippen molar-refractivity contribution in [2.75, 3.05) is 13.7 Å². The number of benzene rings is 2. The van der Waals surface area contributed by atoms with Crippen molar-refractivity contribution in [1.82, 2.24) is 5.32 Å². The topological polar surface area (TPSA) is 104 Å². The van der Waals surface area contributed by atoms with Gasteiger partial charge in [-0.3, -0.25) is 4.79 Å². The molecule has 1 aliphatic carbocycles. The van der Waals surface area contributed by atoms with Gasteiger partial charge in [-0.2, -0.15) is 0 Å². The third kappa shape index (κ3) is 6.78. The smallest absolute Gasteiger partial charge is 0.349 e. The van der Waals surface area contributed by atoms with Crippen molar-refractivity contribution < 1.29 is 28.2 Å². The second kappa shape index (κ2) is 12.3. The van der Waals surface area contributed by atoms with Gasteiger partial charge in [-0.1, -0.05) is 32.3 Å². The third-order valence-corrected chi connectivity index (χ3v) is 6.17. The monoisotopic (exact) mass is 505 g/mol. The third-order valence-electron chi connectivity index (χ3n) is 6.17. The molecule has 1 fully saturated rings. The minimum Gasteiger partial charge on any atom is -0.493 e. The van der Waals surface area contributed by atoms with Crippen molar-refractivity contribution in [2.45, 2.75) is 51.5 Å². The zero-order chi connectivity index (χ0) is 26.2. The van der Waals surface area contributed by atoms with Gasteiger partial charge >= 0.3 is 11.6 Å². The predicted octanol–water partition coefficient (Wildman–Crippen LogP) is 5.27. The van der Waals surface area contributed by atoms with Crippen LogP contribution in [-0.4, -0.2) is 31.6 Å². The van der Waals surface area contributed by atoms with Gasteiger partial charge in [-0.25, -0.2) is 9.59 Å². The van der Waals surface area contributed by atoms with E-state index in [1.165, 1.54) is 24.6 Å². The van der Waals surface area contributed by atoms with Gasteiger partial charge in [0, 0.05) is 23.6 Å². The Morgan fingerprint density at radius 1 is 1.05 bits per heavy atom. The molecule has 4 rings (SSSR count). The maximum atomic E-state index is 12.6. The molecule has 1 amide bonds. The molecular weight excluding hydrogens is 474 g/mol. The van der Waals surface area contributed by atoms with Crippen LogP contribution in [0.4, 0.5) is 0 Å². The molecule has 37 heavy (non-hydrogen) atoms. The summed E-state index contributed by atoms with van der Waals surface area (Å²) in [5, 5.41) is 3.49. The largest absolute Gasteiger partial charge is 0.493 e. The molecule has 1 saturated carbocycles. The summed E-state index contributed by atoms with van der Waals surface area (Å²) in [5.41, 5.74) is 0.193. The lowest BCUT2D eigenvalue weighted by atomic mass is 9.95. The second-order valence-electron chi connectivity index (χ2n) is 8.97. The fourth-order valence-corrected chi connectivity index (χ4v) is 4.26. The Balaban J connectivity index is 1.42. The molecule has 3 aromatic rings. The molecule has 0 bridgehead atoms. The van der Waals surface area contributed by atoms with Gasteiger partial charge < -0.3 is 23.9 Å². The lowest BCUT2D eigenvalue weighted by molar-refractivity contribution is -0.128. The number of carbonyl (C=O) groups excluding carboxylic acids is 2. The fourth-order valence-electron chi connectivity index (χ4n) is 4.26. The Labute approximate surface area is 215 Å². The summed E-state index contributed by atoms with van der Waals surface area (Å²) in [6.07, 6.45) is 8.92. The number of fused-ring (bicyclic) bond motifs is 1. The van der Waals surface area contributed by atoms with E-state index in [-0.39, 0.29) is 22.9 Å². The summed E-state index contributed by atoms with van der Waals surface area (Å²) in [6.45, 7) is 2.60. The number of ether oxygens (including phenoxy) is 3. The van der Waals surface area contributed by atoms with Crippen LogP contribution in [-0.2, 0) is 4.79 Å².